The van der Waals surface area contributed by atoms with Gasteiger partial charge < -0.3 is 9.64 Å². The van der Waals surface area contributed by atoms with Gasteiger partial charge in [-0.3, -0.25) is 9.69 Å². The van der Waals surface area contributed by atoms with Crippen LogP contribution in [-0.2, 0) is 13.1 Å². The Hall–Kier alpha value is -3.19. The van der Waals surface area contributed by atoms with Crippen LogP contribution in [0, 0.1) is 6.92 Å². The number of rotatable bonds is 6. The number of benzene rings is 2. The summed E-state index contributed by atoms with van der Waals surface area (Å²) in [5.74, 6) is 0.821. The second kappa shape index (κ2) is 9.09. The van der Waals surface area contributed by atoms with E-state index in [-0.39, 0.29) is 5.91 Å². The highest BCUT2D eigenvalue weighted by atomic mass is 16.5. The Labute approximate surface area is 176 Å². The molecule has 0 N–H and O–H groups in total. The van der Waals surface area contributed by atoms with E-state index in [4.69, 9.17) is 4.74 Å². The van der Waals surface area contributed by atoms with E-state index in [0.717, 1.165) is 25.4 Å². The highest BCUT2D eigenvalue weighted by Gasteiger charge is 2.24. The van der Waals surface area contributed by atoms with E-state index in [9.17, 15) is 4.79 Å². The molecule has 0 radical (unpaired) electrons. The van der Waals surface area contributed by atoms with E-state index < -0.39 is 0 Å². The zero-order valence-corrected chi connectivity index (χ0v) is 17.5. The van der Waals surface area contributed by atoms with Crippen molar-refractivity contribution in [2.24, 2.45) is 0 Å². The molecule has 2 aromatic carbocycles. The quantitative estimate of drug-likeness (QED) is 0.631. The summed E-state index contributed by atoms with van der Waals surface area (Å²) in [5, 5.41) is 8.27. The molecule has 1 aliphatic rings. The molecule has 1 aliphatic heterocycles. The maximum Gasteiger partial charge on any atom is 0.276 e. The van der Waals surface area contributed by atoms with Crippen LogP contribution in [-0.4, -0.2) is 64.0 Å². The first-order chi connectivity index (χ1) is 14.6. The molecule has 7 nitrogen and oxygen atoms in total. The van der Waals surface area contributed by atoms with Crippen molar-refractivity contribution >= 4 is 5.91 Å². The van der Waals surface area contributed by atoms with E-state index in [2.05, 4.69) is 46.4 Å². The maximum atomic E-state index is 12.9. The zero-order chi connectivity index (χ0) is 20.9. The Bertz CT molecular complexity index is 1010. The summed E-state index contributed by atoms with van der Waals surface area (Å²) in [6, 6.07) is 16.3. The van der Waals surface area contributed by atoms with Crippen molar-refractivity contribution in [3.63, 3.8) is 0 Å². The van der Waals surface area contributed by atoms with Gasteiger partial charge in [0.2, 0.25) is 0 Å². The predicted octanol–water partition coefficient (Wildman–Crippen LogP) is 2.60. The molecule has 0 bridgehead atoms. The van der Waals surface area contributed by atoms with E-state index >= 15 is 0 Å². The van der Waals surface area contributed by atoms with Gasteiger partial charge in [0.25, 0.3) is 5.91 Å². The van der Waals surface area contributed by atoms with Crippen LogP contribution in [0.1, 0.15) is 27.2 Å². The van der Waals surface area contributed by atoms with Gasteiger partial charge in [-0.1, -0.05) is 41.6 Å². The van der Waals surface area contributed by atoms with Crippen molar-refractivity contribution in [2.75, 3.05) is 33.3 Å². The first-order valence-electron chi connectivity index (χ1n) is 10.2. The van der Waals surface area contributed by atoms with Crippen LogP contribution < -0.4 is 4.74 Å². The standard InChI is InChI=1S/C23H27N5O2/c1-18-6-3-4-8-20(18)16-28-17-22(24-25-28)23(29)27-12-10-26(11-13-27)15-19-7-5-9-21(14-19)30-2/h3-9,14,17H,10-13,15-16H2,1-2H3. The van der Waals surface area contributed by atoms with Crippen LogP contribution in [0.3, 0.4) is 0 Å². The van der Waals surface area contributed by atoms with Gasteiger partial charge in [-0.2, -0.15) is 0 Å². The lowest BCUT2D eigenvalue weighted by Gasteiger charge is -2.34. The van der Waals surface area contributed by atoms with Crippen LogP contribution in [0.15, 0.2) is 54.7 Å². The highest BCUT2D eigenvalue weighted by Crippen LogP contribution is 2.16. The second-order valence-corrected chi connectivity index (χ2v) is 7.65. The Morgan fingerprint density at radius 2 is 1.83 bits per heavy atom. The molecule has 1 fully saturated rings. The van der Waals surface area contributed by atoms with Crippen molar-refractivity contribution in [3.8, 4) is 5.75 Å². The van der Waals surface area contributed by atoms with Gasteiger partial charge in [0.15, 0.2) is 5.69 Å². The summed E-state index contributed by atoms with van der Waals surface area (Å²) in [5.41, 5.74) is 4.00. The highest BCUT2D eigenvalue weighted by molar-refractivity contribution is 5.92. The fraction of sp³-hybridized carbons (Fsp3) is 0.348. The number of amides is 1. The minimum atomic E-state index is -0.0490. The molecule has 1 saturated heterocycles. The average Bonchev–Trinajstić information content (AvgIpc) is 3.24. The molecule has 30 heavy (non-hydrogen) atoms. The summed E-state index contributed by atoms with van der Waals surface area (Å²) in [6.45, 7) is 6.58. The molecule has 0 spiro atoms. The largest absolute Gasteiger partial charge is 0.497 e. The smallest absolute Gasteiger partial charge is 0.276 e. The van der Waals surface area contributed by atoms with Crippen LogP contribution in [0.5, 0.6) is 5.75 Å². The summed E-state index contributed by atoms with van der Waals surface area (Å²) in [7, 11) is 1.68. The van der Waals surface area contributed by atoms with Crippen LogP contribution >= 0.6 is 0 Å². The van der Waals surface area contributed by atoms with E-state index in [0.29, 0.717) is 25.3 Å². The Balaban J connectivity index is 1.32. The molecule has 1 aromatic heterocycles. The second-order valence-electron chi connectivity index (χ2n) is 7.65. The number of piperazine rings is 1. The topological polar surface area (TPSA) is 63.5 Å². The van der Waals surface area contributed by atoms with Gasteiger partial charge in [0, 0.05) is 32.7 Å². The van der Waals surface area contributed by atoms with Crippen molar-refractivity contribution in [1.29, 1.82) is 0 Å². The number of methoxy groups -OCH3 is 1. The number of nitrogens with zero attached hydrogens (tertiary/aromatic N) is 5. The number of aryl methyl sites for hydroxylation is 1. The molecule has 7 heteroatoms. The molecule has 4 rings (SSSR count). The van der Waals surface area contributed by atoms with Gasteiger partial charge in [-0.05, 0) is 35.7 Å². The molecule has 1 amide bonds. The molecular formula is C23H27N5O2. The third-order valence-corrected chi connectivity index (χ3v) is 5.55. The van der Waals surface area contributed by atoms with Gasteiger partial charge >= 0.3 is 0 Å². The van der Waals surface area contributed by atoms with E-state index in [1.807, 2.05) is 29.2 Å². The predicted molar refractivity (Wildman–Crippen MR) is 114 cm³/mol. The lowest BCUT2D eigenvalue weighted by molar-refractivity contribution is 0.0622. The lowest BCUT2D eigenvalue weighted by atomic mass is 10.1. The van der Waals surface area contributed by atoms with Crippen molar-refractivity contribution in [3.05, 3.63) is 77.1 Å². The number of ether oxygens (including phenoxy) is 1. The molecule has 0 unspecified atom stereocenters. The van der Waals surface area contributed by atoms with Crippen LogP contribution in [0.4, 0.5) is 0 Å². The van der Waals surface area contributed by atoms with Crippen molar-refractivity contribution < 1.29 is 9.53 Å². The van der Waals surface area contributed by atoms with Crippen LogP contribution in [0.25, 0.3) is 0 Å². The lowest BCUT2D eigenvalue weighted by Crippen LogP contribution is -2.48. The molecule has 2 heterocycles. The molecule has 0 aliphatic carbocycles. The first-order valence-corrected chi connectivity index (χ1v) is 10.2. The fourth-order valence-electron chi connectivity index (χ4n) is 3.74. The molecule has 3 aromatic rings. The third kappa shape index (κ3) is 4.68. The first kappa shape index (κ1) is 20.1. The summed E-state index contributed by atoms with van der Waals surface area (Å²) in [4.78, 5) is 17.1. The summed E-state index contributed by atoms with van der Waals surface area (Å²) >= 11 is 0. The summed E-state index contributed by atoms with van der Waals surface area (Å²) in [6.07, 6.45) is 1.75. The molecular weight excluding hydrogens is 378 g/mol. The average molecular weight is 406 g/mol. The third-order valence-electron chi connectivity index (χ3n) is 5.55. The Kier molecular flexibility index (Phi) is 6.09. The van der Waals surface area contributed by atoms with Gasteiger partial charge in [0.05, 0.1) is 19.9 Å². The van der Waals surface area contributed by atoms with Gasteiger partial charge in [0.1, 0.15) is 5.75 Å². The fourth-order valence-corrected chi connectivity index (χ4v) is 3.74. The Morgan fingerprint density at radius 3 is 2.60 bits per heavy atom. The summed E-state index contributed by atoms with van der Waals surface area (Å²) < 4.78 is 7.03. The SMILES string of the molecule is COc1cccc(CN2CCN(C(=O)c3cn(Cc4ccccc4C)nn3)CC2)c1. The number of aromatic nitrogens is 3. The maximum absolute atomic E-state index is 12.9. The number of hydrogen-bond acceptors (Lipinski definition) is 5. The number of carbonyl (C=O) groups excluding carboxylic acids is 1. The van der Waals surface area contributed by atoms with E-state index in [1.54, 1.807) is 18.0 Å². The minimum absolute atomic E-state index is 0.0490. The van der Waals surface area contributed by atoms with Crippen molar-refractivity contribution in [1.82, 2.24) is 24.8 Å². The Morgan fingerprint density at radius 1 is 1.03 bits per heavy atom. The monoisotopic (exact) mass is 405 g/mol. The molecule has 0 atom stereocenters. The number of hydrogen-bond donors (Lipinski definition) is 0. The van der Waals surface area contributed by atoms with E-state index in [1.165, 1.54) is 16.7 Å². The van der Waals surface area contributed by atoms with Gasteiger partial charge in [-0.25, -0.2) is 4.68 Å². The number of carbonyl (C=O) groups is 1. The van der Waals surface area contributed by atoms with Gasteiger partial charge in [-0.15, -0.1) is 5.10 Å². The minimum Gasteiger partial charge on any atom is -0.497 e. The normalized spacial score (nSPS) is 14.7. The molecule has 0 saturated carbocycles. The molecule has 156 valence electrons. The van der Waals surface area contributed by atoms with Crippen LogP contribution in [0.2, 0.25) is 0 Å². The zero-order valence-electron chi connectivity index (χ0n) is 17.5. The van der Waals surface area contributed by atoms with Crippen molar-refractivity contribution in [2.45, 2.75) is 20.0 Å².